The zero-order valence-corrected chi connectivity index (χ0v) is 59.1. The highest BCUT2D eigenvalue weighted by atomic mass is 35.5. The Morgan fingerprint density at radius 1 is 0.514 bits per heavy atom. The topological polar surface area (TPSA) is 402 Å². The van der Waals surface area contributed by atoms with Gasteiger partial charge in [-0.3, -0.25) is 62.7 Å². The van der Waals surface area contributed by atoms with Crippen molar-refractivity contribution in [1.29, 1.82) is 0 Å². The fraction of sp³-hybridized carbons (Fsp3) is 0.338. The Kier molecular flexibility index (Phi) is 27.4. The van der Waals surface area contributed by atoms with Crippen LogP contribution in [0, 0.1) is 5.92 Å². The minimum Gasteiger partial charge on any atom is -0.508 e. The molecule has 8 aromatic rings. The van der Waals surface area contributed by atoms with Gasteiger partial charge in [-0.1, -0.05) is 123 Å². The van der Waals surface area contributed by atoms with E-state index in [1.807, 2.05) is 74.5 Å². The minimum absolute atomic E-state index is 0.0340. The number of carboxylic acids is 1. The molecule has 28 heteroatoms. The largest absolute Gasteiger partial charge is 0.508 e. The fourth-order valence-corrected chi connectivity index (χ4v) is 12.6. The van der Waals surface area contributed by atoms with Crippen molar-refractivity contribution in [1.82, 2.24) is 67.7 Å². The predicted molar refractivity (Wildman–Crippen MR) is 390 cm³/mol. The lowest BCUT2D eigenvalue weighted by Crippen LogP contribution is -2.62. The van der Waals surface area contributed by atoms with Crippen LogP contribution in [0.25, 0.3) is 21.7 Å². The Morgan fingerprint density at radius 2 is 0.971 bits per heavy atom. The molecule has 13 N–H and O–H groups in total. The number of hydrogen-bond donors (Lipinski definition) is 13. The normalized spacial score (nSPS) is 15.3. The zero-order chi connectivity index (χ0) is 75.3. The molecule has 0 bridgehead atoms. The van der Waals surface area contributed by atoms with Crippen molar-refractivity contribution in [3.05, 3.63) is 209 Å². The highest BCUT2D eigenvalue weighted by Crippen LogP contribution is 2.24. The van der Waals surface area contributed by atoms with Crippen LogP contribution in [0.3, 0.4) is 0 Å². The summed E-state index contributed by atoms with van der Waals surface area (Å²) in [5, 5.41) is 58.0. The SMILES string of the molecule is CC(=O)N[C@H](Cc1ccc2ccccc2c1)C(=O)N[C@H](Cc1ccc(Cl)cc1)C(=O)N[C@H](Cc1cccnc1)C(=O)N[C@@H](CO)C(=O)N[C@@H](Cc1ccc(O)cc1)C(=O)N[C@H](Cc1cccnc1)C(=O)N[C@@H](Cc1c[nH]c2ccccc12)C(=O)N[C@@H](CC(C)C)C(=O)N1CCC[C@H]1C(=O)N[C@H](C)C(=O)O. The number of aromatic amines is 1. The maximum absolute atomic E-state index is 15.2. The molecule has 0 saturated carbocycles. The number of H-pyrrole nitrogens is 1. The van der Waals surface area contributed by atoms with Crippen LogP contribution in [-0.4, -0.2) is 174 Å². The number of amides is 10. The summed E-state index contributed by atoms with van der Waals surface area (Å²) in [7, 11) is 0. The zero-order valence-electron chi connectivity index (χ0n) is 58.3. The van der Waals surface area contributed by atoms with Gasteiger partial charge >= 0.3 is 5.97 Å². The molecular weight excluding hydrogens is 1370 g/mol. The molecule has 0 radical (unpaired) electrons. The summed E-state index contributed by atoms with van der Waals surface area (Å²) in [5.41, 5.74) is 3.84. The number of likely N-dealkylation sites (tertiary alicyclic amines) is 1. The van der Waals surface area contributed by atoms with E-state index in [9.17, 15) is 53.7 Å². The molecule has 1 aliphatic heterocycles. The number of fused-ring (bicyclic) bond motifs is 2. The van der Waals surface area contributed by atoms with E-state index in [-0.39, 0.29) is 69.6 Å². The summed E-state index contributed by atoms with van der Waals surface area (Å²) in [6.07, 6.45) is 7.26. The molecule has 27 nitrogen and oxygen atoms in total. The molecule has 5 aromatic carbocycles. The summed E-state index contributed by atoms with van der Waals surface area (Å²) >= 11 is 6.25. The van der Waals surface area contributed by atoms with Gasteiger partial charge in [0.05, 0.1) is 6.61 Å². The maximum Gasteiger partial charge on any atom is 0.325 e. The predicted octanol–water partition coefficient (Wildman–Crippen LogP) is 3.74. The van der Waals surface area contributed by atoms with Gasteiger partial charge in [-0.05, 0) is 119 Å². The number of aliphatic hydroxyl groups excluding tert-OH is 1. The van der Waals surface area contributed by atoms with Crippen molar-refractivity contribution in [3.63, 3.8) is 0 Å². The molecule has 1 aliphatic rings. The van der Waals surface area contributed by atoms with Crippen LogP contribution in [0.4, 0.5) is 0 Å². The smallest absolute Gasteiger partial charge is 0.325 e. The number of aliphatic carboxylic acids is 1. The number of carboxylic acid groups (broad SMARTS) is 1. The molecule has 0 spiro atoms. The molecule has 105 heavy (non-hydrogen) atoms. The van der Waals surface area contributed by atoms with Gasteiger partial charge in [-0.2, -0.15) is 0 Å². The lowest BCUT2D eigenvalue weighted by molar-refractivity contribution is -0.144. The molecule has 10 atom stereocenters. The lowest BCUT2D eigenvalue weighted by atomic mass is 9.99. The van der Waals surface area contributed by atoms with Gasteiger partial charge in [0.1, 0.15) is 66.2 Å². The number of halogens is 1. The first kappa shape index (κ1) is 77.6. The van der Waals surface area contributed by atoms with Crippen molar-refractivity contribution >= 4 is 98.3 Å². The Labute approximate surface area is 610 Å². The molecule has 9 rings (SSSR count). The molecule has 10 amide bonds. The summed E-state index contributed by atoms with van der Waals surface area (Å²) in [6.45, 7) is 5.30. The first-order valence-electron chi connectivity index (χ1n) is 34.6. The summed E-state index contributed by atoms with van der Waals surface area (Å²) in [5.74, 6) is -9.75. The number of hydrogen-bond acceptors (Lipinski definition) is 15. The first-order valence-corrected chi connectivity index (χ1v) is 34.9. The quantitative estimate of drug-likeness (QED) is 0.0273. The van der Waals surface area contributed by atoms with Crippen LogP contribution < -0.4 is 47.9 Å². The third kappa shape index (κ3) is 22.2. The second kappa shape index (κ2) is 37.0. The van der Waals surface area contributed by atoms with E-state index >= 15 is 14.4 Å². The summed E-state index contributed by atoms with van der Waals surface area (Å²) < 4.78 is 0. The third-order valence-electron chi connectivity index (χ3n) is 18.0. The maximum atomic E-state index is 15.2. The Balaban J connectivity index is 0.970. The Morgan fingerprint density at radius 3 is 1.49 bits per heavy atom. The van der Waals surface area contributed by atoms with E-state index in [2.05, 4.69) is 62.8 Å². The minimum atomic E-state index is -1.84. The summed E-state index contributed by atoms with van der Waals surface area (Å²) in [6, 6.07) is 25.0. The fourth-order valence-electron chi connectivity index (χ4n) is 12.5. The highest BCUT2D eigenvalue weighted by Gasteiger charge is 2.41. The van der Waals surface area contributed by atoms with Gasteiger partial charge < -0.3 is 73.1 Å². The van der Waals surface area contributed by atoms with Crippen LogP contribution in [0.1, 0.15) is 80.3 Å². The van der Waals surface area contributed by atoms with Crippen LogP contribution in [0.2, 0.25) is 5.02 Å². The van der Waals surface area contributed by atoms with Gasteiger partial charge in [0.15, 0.2) is 0 Å². The van der Waals surface area contributed by atoms with Gasteiger partial charge in [0.25, 0.3) is 0 Å². The van der Waals surface area contributed by atoms with Crippen molar-refractivity contribution in [3.8, 4) is 5.75 Å². The van der Waals surface area contributed by atoms with Crippen LogP contribution in [-0.2, 0) is 91.3 Å². The van der Waals surface area contributed by atoms with Crippen molar-refractivity contribution in [2.75, 3.05) is 13.2 Å². The number of phenols is 1. The second-order valence-corrected chi connectivity index (χ2v) is 27.0. The highest BCUT2D eigenvalue weighted by molar-refractivity contribution is 6.30. The molecule has 550 valence electrons. The molecule has 1 fully saturated rings. The molecule has 0 unspecified atom stereocenters. The number of aliphatic hydroxyl groups is 1. The number of rotatable bonds is 34. The lowest BCUT2D eigenvalue weighted by Gasteiger charge is -2.31. The van der Waals surface area contributed by atoms with Crippen molar-refractivity contribution in [2.24, 2.45) is 5.92 Å². The standard InChI is InChI=1S/C77H86ClN13O14/c1-44(2)32-65(76(103)91-31-11-18-67(91)75(102)82-45(3)77(104)105)89-73(100)64(39-54-42-81-58-17-8-7-16-57(54)58)88-71(98)62(37-50-12-9-29-79-40-50)85-70(97)61(35-48-22-27-56(94)28-23-48)87-74(101)66(43-92)90-72(99)63(38-51-13-10-30-80-41-51)86-69(96)60(34-47-20-25-55(78)26-21-47)84-68(95)59(83-46(4)93)36-49-19-24-52-14-5-6-15-53(52)33-49/h5-10,12-17,19-30,33,40-42,44-45,59-67,81,92,94H,11,18,31-32,34-39,43H2,1-4H3,(H,82,102)(H,83,93)(H,84,95)(H,85,97)(H,86,96)(H,87,101)(H,88,98)(H,89,100)(H,90,99)(H,104,105)/t45-,59-,60-,61+,62-,63-,64+,65+,66+,67+/m1/s1. The summed E-state index contributed by atoms with van der Waals surface area (Å²) in [4.78, 5) is 170. The number of pyridine rings is 2. The number of aromatic hydroxyl groups is 1. The van der Waals surface area contributed by atoms with E-state index in [4.69, 9.17) is 11.6 Å². The van der Waals surface area contributed by atoms with Crippen LogP contribution in [0.5, 0.6) is 5.75 Å². The molecular formula is C77H86ClN13O14. The van der Waals surface area contributed by atoms with Crippen LogP contribution >= 0.6 is 11.6 Å². The number of nitrogens with zero attached hydrogens (tertiary/aromatic N) is 3. The number of para-hydroxylation sites is 1. The van der Waals surface area contributed by atoms with E-state index in [1.54, 1.807) is 60.8 Å². The van der Waals surface area contributed by atoms with Crippen LogP contribution in [0.15, 0.2) is 171 Å². The van der Waals surface area contributed by atoms with Crippen molar-refractivity contribution < 1.29 is 68.1 Å². The molecule has 1 saturated heterocycles. The van der Waals surface area contributed by atoms with Crippen molar-refractivity contribution in [2.45, 2.75) is 146 Å². The number of nitrogens with one attached hydrogen (secondary N) is 10. The van der Waals surface area contributed by atoms with E-state index < -0.39 is 132 Å². The number of phenolic OH excluding ortho intramolecular Hbond substituents is 1. The average molecular weight is 1450 g/mol. The van der Waals surface area contributed by atoms with E-state index in [0.717, 1.165) is 10.8 Å². The number of benzene rings is 5. The molecule has 0 aliphatic carbocycles. The van der Waals surface area contributed by atoms with Gasteiger partial charge in [-0.25, -0.2) is 0 Å². The molecule has 4 heterocycles. The number of carbonyl (C=O) groups excluding carboxylic acids is 10. The number of carbonyl (C=O) groups is 11. The first-order chi connectivity index (χ1) is 50.4. The average Bonchev–Trinajstić information content (AvgIpc) is 1.74. The third-order valence-corrected chi connectivity index (χ3v) is 18.2. The Hall–Kier alpha value is -11.6. The Bertz CT molecular complexity index is 4390. The van der Waals surface area contributed by atoms with Gasteiger partial charge in [-0.15, -0.1) is 0 Å². The van der Waals surface area contributed by atoms with E-state index in [0.29, 0.717) is 55.7 Å². The van der Waals surface area contributed by atoms with Gasteiger partial charge in [0.2, 0.25) is 59.1 Å². The monoisotopic (exact) mass is 1450 g/mol. The molecule has 3 aromatic heterocycles. The second-order valence-electron chi connectivity index (χ2n) is 26.5. The number of aromatic nitrogens is 3. The van der Waals surface area contributed by atoms with E-state index in [1.165, 1.54) is 67.8 Å². The van der Waals surface area contributed by atoms with Gasteiger partial charge in [0, 0.05) is 98.9 Å².